The predicted molar refractivity (Wildman–Crippen MR) is 78.4 cm³/mol. The Hall–Kier alpha value is -1.44. The number of carbonyl (C=O) groups excluding carboxylic acids is 1. The molecule has 1 aliphatic rings. The number of amides is 1. The van der Waals surface area contributed by atoms with Gasteiger partial charge in [-0.3, -0.25) is 4.79 Å². The van der Waals surface area contributed by atoms with E-state index in [0.29, 0.717) is 6.54 Å². The van der Waals surface area contributed by atoms with E-state index < -0.39 is 10.0 Å². The van der Waals surface area contributed by atoms with Gasteiger partial charge in [0.2, 0.25) is 10.0 Å². The predicted octanol–water partition coefficient (Wildman–Crippen LogP) is 1.02. The van der Waals surface area contributed by atoms with Crippen LogP contribution in [0.5, 0.6) is 0 Å². The highest BCUT2D eigenvalue weighted by Gasteiger charge is 2.15. The molecular weight excluding hydrogens is 292 g/mol. The second-order valence-electron chi connectivity index (χ2n) is 5.11. The number of primary sulfonamides is 1. The van der Waals surface area contributed by atoms with Crippen LogP contribution in [0.3, 0.4) is 0 Å². The van der Waals surface area contributed by atoms with Gasteiger partial charge >= 0.3 is 0 Å². The van der Waals surface area contributed by atoms with E-state index in [0.717, 1.165) is 32.3 Å². The molecule has 0 spiro atoms. The largest absolute Gasteiger partial charge is 0.378 e. The first-order valence-corrected chi connectivity index (χ1v) is 8.54. The van der Waals surface area contributed by atoms with Crippen LogP contribution in [0, 0.1) is 0 Å². The summed E-state index contributed by atoms with van der Waals surface area (Å²) in [6.07, 6.45) is 4.25. The SMILES string of the molecule is NS(=O)(=O)c1cccc(C(=O)NCCC2CCCCO2)c1. The van der Waals surface area contributed by atoms with Crippen molar-refractivity contribution in [1.82, 2.24) is 5.32 Å². The van der Waals surface area contributed by atoms with Crippen LogP contribution in [0.15, 0.2) is 29.2 Å². The van der Waals surface area contributed by atoms with E-state index in [2.05, 4.69) is 5.32 Å². The van der Waals surface area contributed by atoms with Crippen molar-refractivity contribution in [2.75, 3.05) is 13.2 Å². The fourth-order valence-corrected chi connectivity index (χ4v) is 2.86. The van der Waals surface area contributed by atoms with Gasteiger partial charge < -0.3 is 10.1 Å². The minimum absolute atomic E-state index is 0.0641. The molecule has 1 saturated heterocycles. The first-order valence-electron chi connectivity index (χ1n) is 6.99. The normalized spacial score (nSPS) is 19.2. The van der Waals surface area contributed by atoms with E-state index in [1.807, 2.05) is 0 Å². The summed E-state index contributed by atoms with van der Waals surface area (Å²) in [6, 6.07) is 5.70. The summed E-state index contributed by atoms with van der Waals surface area (Å²) in [5.41, 5.74) is 0.283. The van der Waals surface area contributed by atoms with Crippen LogP contribution in [-0.2, 0) is 14.8 Å². The van der Waals surface area contributed by atoms with E-state index in [1.54, 1.807) is 6.07 Å². The average Bonchev–Trinajstić information content (AvgIpc) is 2.47. The highest BCUT2D eigenvalue weighted by atomic mass is 32.2. The summed E-state index contributed by atoms with van der Waals surface area (Å²) in [4.78, 5) is 11.9. The van der Waals surface area contributed by atoms with Crippen molar-refractivity contribution in [2.45, 2.75) is 36.7 Å². The zero-order valence-corrected chi connectivity index (χ0v) is 12.6. The molecule has 0 bridgehead atoms. The van der Waals surface area contributed by atoms with Gasteiger partial charge in [-0.05, 0) is 43.9 Å². The van der Waals surface area contributed by atoms with Gasteiger partial charge in [-0.2, -0.15) is 0 Å². The molecular formula is C14H20N2O4S. The zero-order valence-electron chi connectivity index (χ0n) is 11.7. The molecule has 0 saturated carbocycles. The van der Waals surface area contributed by atoms with Crippen molar-refractivity contribution in [3.8, 4) is 0 Å². The first kappa shape index (κ1) is 15.9. The third-order valence-electron chi connectivity index (χ3n) is 3.45. The second-order valence-corrected chi connectivity index (χ2v) is 6.67. The number of nitrogens with one attached hydrogen (secondary N) is 1. The maximum absolute atomic E-state index is 12.0. The number of benzene rings is 1. The molecule has 1 fully saturated rings. The number of sulfonamides is 1. The van der Waals surface area contributed by atoms with Gasteiger partial charge in [-0.25, -0.2) is 13.6 Å². The Morgan fingerprint density at radius 3 is 2.86 bits per heavy atom. The molecule has 1 aliphatic heterocycles. The molecule has 1 heterocycles. The van der Waals surface area contributed by atoms with Crippen molar-refractivity contribution in [3.63, 3.8) is 0 Å². The summed E-state index contributed by atoms with van der Waals surface area (Å²) < 4.78 is 28.1. The molecule has 6 nitrogen and oxygen atoms in total. The summed E-state index contributed by atoms with van der Waals surface area (Å²) in [5, 5.41) is 7.82. The minimum atomic E-state index is -3.80. The van der Waals surface area contributed by atoms with E-state index in [1.165, 1.54) is 18.2 Å². The molecule has 0 radical (unpaired) electrons. The average molecular weight is 312 g/mol. The maximum Gasteiger partial charge on any atom is 0.251 e. The number of hydrogen-bond acceptors (Lipinski definition) is 4. The van der Waals surface area contributed by atoms with Crippen LogP contribution in [-0.4, -0.2) is 33.6 Å². The second kappa shape index (κ2) is 7.02. The van der Waals surface area contributed by atoms with E-state index in [-0.39, 0.29) is 22.5 Å². The Balaban J connectivity index is 1.88. The molecule has 7 heteroatoms. The van der Waals surface area contributed by atoms with E-state index >= 15 is 0 Å². The molecule has 1 atom stereocenters. The van der Waals surface area contributed by atoms with Gasteiger partial charge in [0, 0.05) is 18.7 Å². The first-order chi connectivity index (χ1) is 9.97. The highest BCUT2D eigenvalue weighted by Crippen LogP contribution is 2.15. The number of rotatable bonds is 5. The van der Waals surface area contributed by atoms with Gasteiger partial charge in [-0.1, -0.05) is 6.07 Å². The third-order valence-corrected chi connectivity index (χ3v) is 4.36. The molecule has 2 rings (SSSR count). The topological polar surface area (TPSA) is 98.5 Å². The van der Waals surface area contributed by atoms with Crippen molar-refractivity contribution < 1.29 is 17.9 Å². The fourth-order valence-electron chi connectivity index (χ4n) is 2.30. The number of hydrogen-bond donors (Lipinski definition) is 2. The minimum Gasteiger partial charge on any atom is -0.378 e. The van der Waals surface area contributed by atoms with Crippen molar-refractivity contribution in [2.24, 2.45) is 5.14 Å². The van der Waals surface area contributed by atoms with Crippen LogP contribution >= 0.6 is 0 Å². The maximum atomic E-state index is 12.0. The van der Waals surface area contributed by atoms with Crippen molar-refractivity contribution in [3.05, 3.63) is 29.8 Å². The molecule has 1 aromatic rings. The number of carbonyl (C=O) groups is 1. The van der Waals surface area contributed by atoms with Gasteiger partial charge in [0.15, 0.2) is 0 Å². The monoisotopic (exact) mass is 312 g/mol. The van der Waals surface area contributed by atoms with Crippen LogP contribution in [0.2, 0.25) is 0 Å². The van der Waals surface area contributed by atoms with E-state index in [4.69, 9.17) is 9.88 Å². The van der Waals surface area contributed by atoms with Crippen LogP contribution in [0.1, 0.15) is 36.0 Å². The quantitative estimate of drug-likeness (QED) is 0.848. The molecule has 0 aromatic heterocycles. The molecule has 1 amide bonds. The summed E-state index contributed by atoms with van der Waals surface area (Å²) in [6.45, 7) is 1.29. The van der Waals surface area contributed by atoms with Gasteiger partial charge in [-0.15, -0.1) is 0 Å². The third kappa shape index (κ3) is 4.80. The van der Waals surface area contributed by atoms with E-state index in [9.17, 15) is 13.2 Å². The summed E-state index contributed by atoms with van der Waals surface area (Å²) in [5.74, 6) is -0.309. The number of ether oxygens (including phenoxy) is 1. The van der Waals surface area contributed by atoms with Crippen LogP contribution in [0.25, 0.3) is 0 Å². The lowest BCUT2D eigenvalue weighted by Gasteiger charge is -2.22. The Kier molecular flexibility index (Phi) is 5.33. The van der Waals surface area contributed by atoms with Crippen molar-refractivity contribution in [1.29, 1.82) is 0 Å². The van der Waals surface area contributed by atoms with Crippen molar-refractivity contribution >= 4 is 15.9 Å². The Morgan fingerprint density at radius 2 is 2.19 bits per heavy atom. The molecule has 3 N–H and O–H groups in total. The molecule has 0 aliphatic carbocycles. The fraction of sp³-hybridized carbons (Fsp3) is 0.500. The standard InChI is InChI=1S/C14H20N2O4S/c15-21(18,19)13-6-3-4-11(10-13)14(17)16-8-7-12-5-1-2-9-20-12/h3-4,6,10,12H,1-2,5,7-9H2,(H,16,17)(H2,15,18,19). The highest BCUT2D eigenvalue weighted by molar-refractivity contribution is 7.89. The number of nitrogens with two attached hydrogens (primary N) is 1. The molecule has 1 aromatic carbocycles. The van der Waals surface area contributed by atoms with Gasteiger partial charge in [0.1, 0.15) is 0 Å². The van der Waals surface area contributed by atoms with Crippen LogP contribution < -0.4 is 10.5 Å². The Bertz CT molecular complexity index is 595. The Morgan fingerprint density at radius 1 is 1.38 bits per heavy atom. The van der Waals surface area contributed by atoms with Gasteiger partial charge in [0.05, 0.1) is 11.0 Å². The lowest BCUT2D eigenvalue weighted by atomic mass is 10.1. The summed E-state index contributed by atoms with van der Waals surface area (Å²) in [7, 11) is -3.80. The van der Waals surface area contributed by atoms with Gasteiger partial charge in [0.25, 0.3) is 5.91 Å². The molecule has 1 unspecified atom stereocenters. The summed E-state index contributed by atoms with van der Waals surface area (Å²) >= 11 is 0. The smallest absolute Gasteiger partial charge is 0.251 e. The molecule has 116 valence electrons. The lowest BCUT2D eigenvalue weighted by Crippen LogP contribution is -2.29. The zero-order chi connectivity index (χ0) is 15.3. The Labute approximate surface area is 124 Å². The van der Waals surface area contributed by atoms with Crippen LogP contribution in [0.4, 0.5) is 0 Å². The lowest BCUT2D eigenvalue weighted by molar-refractivity contribution is 0.0117. The molecule has 21 heavy (non-hydrogen) atoms.